The third-order valence-corrected chi connectivity index (χ3v) is 4.12. The maximum atomic E-state index is 11.5. The second-order valence-corrected chi connectivity index (χ2v) is 6.00. The largest absolute Gasteiger partial charge is 0.444 e. The van der Waals surface area contributed by atoms with Crippen LogP contribution in [0.5, 0.6) is 0 Å². The monoisotopic (exact) mass is 294 g/mol. The number of nitrogens with two attached hydrogens (primary N) is 1. The number of carbonyl (C=O) groups is 1. The molecule has 1 aliphatic heterocycles. The minimum absolute atomic E-state index is 0.0665. The topological polar surface area (TPSA) is 84.4 Å². The van der Waals surface area contributed by atoms with Gasteiger partial charge in [0.05, 0.1) is 18.3 Å². The maximum absolute atomic E-state index is 11.5. The predicted octanol–water partition coefficient (Wildman–Crippen LogP) is 0.967. The number of likely N-dealkylation sites (tertiary alicyclic amines) is 1. The van der Waals surface area contributed by atoms with Crippen LogP contribution in [0.25, 0.3) is 0 Å². The molecule has 1 atom stereocenters. The van der Waals surface area contributed by atoms with Crippen molar-refractivity contribution in [2.24, 2.45) is 11.7 Å². The van der Waals surface area contributed by atoms with E-state index in [9.17, 15) is 4.79 Å². The molecule has 1 aromatic heterocycles. The number of nitrogens with one attached hydrogen (secondary N) is 1. The maximum Gasteiger partial charge on any atom is 0.236 e. The van der Waals surface area contributed by atoms with Crippen molar-refractivity contribution in [3.8, 4) is 0 Å². The van der Waals surface area contributed by atoms with Gasteiger partial charge in [0.25, 0.3) is 0 Å². The Morgan fingerprint density at radius 3 is 2.67 bits per heavy atom. The van der Waals surface area contributed by atoms with Gasteiger partial charge in [0, 0.05) is 6.54 Å². The summed E-state index contributed by atoms with van der Waals surface area (Å²) >= 11 is 0. The molecule has 0 spiro atoms. The van der Waals surface area contributed by atoms with Crippen LogP contribution < -0.4 is 11.1 Å². The summed E-state index contributed by atoms with van der Waals surface area (Å²) in [6, 6.07) is -0.429. The molecule has 1 fully saturated rings. The lowest BCUT2D eigenvalue weighted by Crippen LogP contribution is -2.43. The lowest BCUT2D eigenvalue weighted by Gasteiger charge is -2.31. The average molecular weight is 294 g/mol. The zero-order chi connectivity index (χ0) is 15.4. The molecular weight excluding hydrogens is 268 g/mol. The van der Waals surface area contributed by atoms with Crippen molar-refractivity contribution >= 4 is 5.91 Å². The van der Waals surface area contributed by atoms with E-state index in [1.807, 2.05) is 13.8 Å². The molecule has 6 nitrogen and oxygen atoms in total. The fourth-order valence-electron chi connectivity index (χ4n) is 2.55. The molecule has 21 heavy (non-hydrogen) atoms. The Hall–Kier alpha value is -1.40. The first kappa shape index (κ1) is 16.0. The van der Waals surface area contributed by atoms with Crippen molar-refractivity contribution in [1.29, 1.82) is 0 Å². The number of hydrogen-bond acceptors (Lipinski definition) is 5. The number of aryl methyl sites for hydroxylation is 2. The van der Waals surface area contributed by atoms with Crippen LogP contribution in [0.1, 0.15) is 37.1 Å². The standard InChI is InChI=1S/C15H26N4O2/c1-10(16)15(20)17-8-13-4-6-19(7-5-13)9-14-18-11(2)12(3)21-14/h10,13H,4-9,16H2,1-3H3,(H,17,20)/t10-/m1/s1. The van der Waals surface area contributed by atoms with Gasteiger partial charge >= 0.3 is 0 Å². The Kier molecular flexibility index (Phi) is 5.36. The van der Waals surface area contributed by atoms with Gasteiger partial charge in [-0.25, -0.2) is 4.98 Å². The van der Waals surface area contributed by atoms with Gasteiger partial charge in [0.15, 0.2) is 0 Å². The van der Waals surface area contributed by atoms with Gasteiger partial charge in [-0.3, -0.25) is 9.69 Å². The number of oxazole rings is 1. The summed E-state index contributed by atoms with van der Waals surface area (Å²) in [7, 11) is 0. The summed E-state index contributed by atoms with van der Waals surface area (Å²) < 4.78 is 5.63. The number of hydrogen-bond donors (Lipinski definition) is 2. The highest BCUT2D eigenvalue weighted by Gasteiger charge is 2.21. The minimum Gasteiger partial charge on any atom is -0.444 e. The normalized spacial score (nSPS) is 18.7. The molecule has 2 rings (SSSR count). The summed E-state index contributed by atoms with van der Waals surface area (Å²) in [5.41, 5.74) is 6.51. The molecule has 1 aliphatic rings. The molecule has 0 bridgehead atoms. The fourth-order valence-corrected chi connectivity index (χ4v) is 2.55. The molecule has 3 N–H and O–H groups in total. The zero-order valence-corrected chi connectivity index (χ0v) is 13.2. The van der Waals surface area contributed by atoms with Crippen LogP contribution in [0, 0.1) is 19.8 Å². The van der Waals surface area contributed by atoms with Crippen LogP contribution in [0.2, 0.25) is 0 Å². The van der Waals surface area contributed by atoms with Crippen molar-refractivity contribution in [3.63, 3.8) is 0 Å². The molecular formula is C15H26N4O2. The van der Waals surface area contributed by atoms with E-state index in [2.05, 4.69) is 15.2 Å². The molecule has 1 aromatic rings. The van der Waals surface area contributed by atoms with E-state index in [0.29, 0.717) is 5.92 Å². The van der Waals surface area contributed by atoms with Gasteiger partial charge in [-0.05, 0) is 52.6 Å². The van der Waals surface area contributed by atoms with Crippen LogP contribution in [-0.2, 0) is 11.3 Å². The van der Waals surface area contributed by atoms with Crippen molar-refractivity contribution < 1.29 is 9.21 Å². The summed E-state index contributed by atoms with van der Waals surface area (Å²) in [4.78, 5) is 18.2. The summed E-state index contributed by atoms with van der Waals surface area (Å²) in [6.07, 6.45) is 2.16. The van der Waals surface area contributed by atoms with E-state index < -0.39 is 6.04 Å². The highest BCUT2D eigenvalue weighted by molar-refractivity contribution is 5.80. The molecule has 2 heterocycles. The second-order valence-electron chi connectivity index (χ2n) is 6.00. The van der Waals surface area contributed by atoms with E-state index >= 15 is 0 Å². The third-order valence-electron chi connectivity index (χ3n) is 4.12. The summed E-state index contributed by atoms with van der Waals surface area (Å²) in [5, 5.41) is 2.91. The Morgan fingerprint density at radius 1 is 1.48 bits per heavy atom. The average Bonchev–Trinajstić information content (AvgIpc) is 2.76. The van der Waals surface area contributed by atoms with E-state index in [1.54, 1.807) is 6.92 Å². The van der Waals surface area contributed by atoms with Gasteiger partial charge in [-0.15, -0.1) is 0 Å². The summed E-state index contributed by atoms with van der Waals surface area (Å²) in [5.74, 6) is 2.17. The molecule has 6 heteroatoms. The van der Waals surface area contributed by atoms with Gasteiger partial charge in [0.1, 0.15) is 5.76 Å². The van der Waals surface area contributed by atoms with Gasteiger partial charge in [-0.1, -0.05) is 0 Å². The quantitative estimate of drug-likeness (QED) is 0.845. The van der Waals surface area contributed by atoms with E-state index in [-0.39, 0.29) is 5.91 Å². The first-order valence-electron chi connectivity index (χ1n) is 7.64. The van der Waals surface area contributed by atoms with Crippen molar-refractivity contribution in [2.45, 2.75) is 46.2 Å². The Balaban J connectivity index is 1.72. The number of aromatic nitrogens is 1. The van der Waals surface area contributed by atoms with Crippen molar-refractivity contribution in [3.05, 3.63) is 17.3 Å². The molecule has 1 amide bonds. The Bertz CT molecular complexity index is 457. The SMILES string of the molecule is Cc1nc(CN2CCC(CNC(=O)[C@@H](C)N)CC2)oc1C. The van der Waals surface area contributed by atoms with Crippen LogP contribution in [0.4, 0.5) is 0 Å². The number of piperidine rings is 1. The van der Waals surface area contributed by atoms with Crippen LogP contribution in [0.3, 0.4) is 0 Å². The van der Waals surface area contributed by atoms with E-state index in [4.69, 9.17) is 10.2 Å². The van der Waals surface area contributed by atoms with Gasteiger partial charge < -0.3 is 15.5 Å². The molecule has 0 saturated carbocycles. The highest BCUT2D eigenvalue weighted by atomic mass is 16.4. The number of nitrogens with zero attached hydrogens (tertiary/aromatic N) is 2. The molecule has 0 radical (unpaired) electrons. The fraction of sp³-hybridized carbons (Fsp3) is 0.733. The molecule has 0 aromatic carbocycles. The lowest BCUT2D eigenvalue weighted by molar-refractivity contribution is -0.122. The number of rotatable bonds is 5. The molecule has 0 unspecified atom stereocenters. The molecule has 1 saturated heterocycles. The highest BCUT2D eigenvalue weighted by Crippen LogP contribution is 2.19. The summed E-state index contributed by atoms with van der Waals surface area (Å²) in [6.45, 7) is 9.14. The van der Waals surface area contributed by atoms with Crippen molar-refractivity contribution in [2.75, 3.05) is 19.6 Å². The zero-order valence-electron chi connectivity index (χ0n) is 13.2. The lowest BCUT2D eigenvalue weighted by atomic mass is 9.96. The predicted molar refractivity (Wildman–Crippen MR) is 80.6 cm³/mol. The van der Waals surface area contributed by atoms with Gasteiger partial charge in [0.2, 0.25) is 11.8 Å². The van der Waals surface area contributed by atoms with Crippen LogP contribution in [0.15, 0.2) is 4.42 Å². The molecule has 0 aliphatic carbocycles. The molecule has 118 valence electrons. The smallest absolute Gasteiger partial charge is 0.236 e. The Morgan fingerprint density at radius 2 is 2.14 bits per heavy atom. The first-order chi connectivity index (χ1) is 9.95. The van der Waals surface area contributed by atoms with Crippen LogP contribution in [-0.4, -0.2) is 41.5 Å². The van der Waals surface area contributed by atoms with Crippen LogP contribution >= 0.6 is 0 Å². The second kappa shape index (κ2) is 7.04. The van der Waals surface area contributed by atoms with E-state index in [1.165, 1.54) is 0 Å². The van der Waals surface area contributed by atoms with Crippen molar-refractivity contribution in [1.82, 2.24) is 15.2 Å². The number of carbonyl (C=O) groups excluding carboxylic acids is 1. The first-order valence-corrected chi connectivity index (χ1v) is 7.64. The Labute approximate surface area is 126 Å². The minimum atomic E-state index is -0.429. The third kappa shape index (κ3) is 4.54. The van der Waals surface area contributed by atoms with Gasteiger partial charge in [-0.2, -0.15) is 0 Å². The number of amides is 1. The van der Waals surface area contributed by atoms with E-state index in [0.717, 1.165) is 56.4 Å².